The quantitative estimate of drug-likeness (QED) is 0.171. The van der Waals surface area contributed by atoms with Crippen molar-refractivity contribution in [1.82, 2.24) is 15.1 Å². The molecule has 1 heterocycles. The zero-order valence-electron chi connectivity index (χ0n) is 21.9. The van der Waals surface area contributed by atoms with Crippen LogP contribution in [0.3, 0.4) is 0 Å². The normalized spacial score (nSPS) is 12.0. The third-order valence-corrected chi connectivity index (χ3v) is 7.22. The first-order chi connectivity index (χ1) is 17.1. The van der Waals surface area contributed by atoms with E-state index in [1.54, 1.807) is 4.68 Å². The van der Waals surface area contributed by atoms with E-state index in [0.717, 1.165) is 28.1 Å². The van der Waals surface area contributed by atoms with Gasteiger partial charge in [0.05, 0.1) is 18.3 Å². The van der Waals surface area contributed by atoms with Crippen LogP contribution in [0, 0.1) is 6.92 Å². The van der Waals surface area contributed by atoms with Gasteiger partial charge in [-0.05, 0) is 42.3 Å². The standard InChI is InChI=1S/C27H35N3O5Si/c1-19-14-25-22(15-26(19)35-17-21-10-8-7-9-11-21)23(16-24(27(32)33-3)28-20(2)31)29-30(25)18-34-12-13-36(4,5)6/h7-11,14-16H,12-13,17-18H2,1-6H3,(H,28,31)/b24-16-. The number of ether oxygens (including phenoxy) is 3. The number of carbonyl (C=O) groups excluding carboxylic acids is 2. The van der Waals surface area contributed by atoms with Crippen LogP contribution in [0.4, 0.5) is 0 Å². The number of rotatable bonds is 11. The third kappa shape index (κ3) is 7.53. The van der Waals surface area contributed by atoms with Crippen LogP contribution in [0.2, 0.25) is 25.7 Å². The molecule has 1 amide bonds. The van der Waals surface area contributed by atoms with Crippen molar-refractivity contribution in [1.29, 1.82) is 0 Å². The predicted octanol–water partition coefficient (Wildman–Crippen LogP) is 4.89. The Labute approximate surface area is 213 Å². The minimum absolute atomic E-state index is 0.00327. The summed E-state index contributed by atoms with van der Waals surface area (Å²) in [5, 5.41) is 8.00. The van der Waals surface area contributed by atoms with Crippen LogP contribution < -0.4 is 10.1 Å². The fourth-order valence-corrected chi connectivity index (χ4v) is 4.29. The summed E-state index contributed by atoms with van der Waals surface area (Å²) in [5.41, 5.74) is 3.35. The molecule has 0 aliphatic rings. The molecule has 0 saturated carbocycles. The maximum Gasteiger partial charge on any atom is 0.354 e. The molecule has 0 bridgehead atoms. The Balaban J connectivity index is 2.00. The van der Waals surface area contributed by atoms with Crippen LogP contribution in [-0.4, -0.2) is 43.4 Å². The molecule has 1 aromatic heterocycles. The Morgan fingerprint density at radius 2 is 1.86 bits per heavy atom. The maximum atomic E-state index is 12.3. The summed E-state index contributed by atoms with van der Waals surface area (Å²) in [7, 11) is 0.0397. The molecule has 9 heteroatoms. The van der Waals surface area contributed by atoms with Gasteiger partial charge in [-0.15, -0.1) is 0 Å². The number of nitrogens with zero attached hydrogens (tertiary/aromatic N) is 2. The van der Waals surface area contributed by atoms with E-state index in [-0.39, 0.29) is 18.3 Å². The van der Waals surface area contributed by atoms with E-state index < -0.39 is 14.0 Å². The number of carbonyl (C=O) groups is 2. The first-order valence-electron chi connectivity index (χ1n) is 11.9. The molecule has 3 rings (SSSR count). The van der Waals surface area contributed by atoms with Crippen LogP contribution in [0.5, 0.6) is 5.75 Å². The van der Waals surface area contributed by atoms with E-state index in [9.17, 15) is 9.59 Å². The first-order valence-corrected chi connectivity index (χ1v) is 15.6. The number of benzene rings is 2. The van der Waals surface area contributed by atoms with Gasteiger partial charge in [-0.1, -0.05) is 50.0 Å². The van der Waals surface area contributed by atoms with Gasteiger partial charge in [0.15, 0.2) is 0 Å². The number of amides is 1. The van der Waals surface area contributed by atoms with Crippen LogP contribution in [0.1, 0.15) is 23.7 Å². The van der Waals surface area contributed by atoms with E-state index in [0.29, 0.717) is 24.7 Å². The summed E-state index contributed by atoms with van der Waals surface area (Å²) in [6.45, 7) is 11.6. The number of nitrogens with one attached hydrogen (secondary N) is 1. The average Bonchev–Trinajstić information content (AvgIpc) is 3.15. The molecule has 1 N–H and O–H groups in total. The van der Waals surface area contributed by atoms with Gasteiger partial charge in [-0.2, -0.15) is 5.10 Å². The van der Waals surface area contributed by atoms with E-state index in [4.69, 9.17) is 19.3 Å². The highest BCUT2D eigenvalue weighted by Crippen LogP contribution is 2.30. The Bertz CT molecular complexity index is 1250. The second kappa shape index (κ2) is 12.0. The van der Waals surface area contributed by atoms with Gasteiger partial charge in [0.1, 0.15) is 24.8 Å². The van der Waals surface area contributed by atoms with Crippen LogP contribution in [0.25, 0.3) is 17.0 Å². The lowest BCUT2D eigenvalue weighted by molar-refractivity contribution is -0.137. The number of hydrogen-bond acceptors (Lipinski definition) is 6. The van der Waals surface area contributed by atoms with Gasteiger partial charge in [0, 0.05) is 27.0 Å². The average molecular weight is 510 g/mol. The number of methoxy groups -OCH3 is 1. The molecule has 36 heavy (non-hydrogen) atoms. The Morgan fingerprint density at radius 3 is 2.50 bits per heavy atom. The molecular weight excluding hydrogens is 474 g/mol. The molecule has 0 radical (unpaired) electrons. The molecule has 0 saturated heterocycles. The topological polar surface area (TPSA) is 91.7 Å². The number of fused-ring (bicyclic) bond motifs is 1. The summed E-state index contributed by atoms with van der Waals surface area (Å²) < 4.78 is 18.7. The summed E-state index contributed by atoms with van der Waals surface area (Å²) in [5.74, 6) is -0.334. The number of hydrogen-bond donors (Lipinski definition) is 1. The van der Waals surface area contributed by atoms with E-state index in [1.165, 1.54) is 20.1 Å². The van der Waals surface area contributed by atoms with Gasteiger partial charge in [0.25, 0.3) is 0 Å². The van der Waals surface area contributed by atoms with Crippen molar-refractivity contribution in [3.63, 3.8) is 0 Å². The van der Waals surface area contributed by atoms with Crippen LogP contribution in [0.15, 0.2) is 48.2 Å². The van der Waals surface area contributed by atoms with Crippen molar-refractivity contribution in [3.8, 4) is 5.75 Å². The minimum atomic E-state index is -1.22. The van der Waals surface area contributed by atoms with E-state index >= 15 is 0 Å². The number of aryl methyl sites for hydroxylation is 1. The van der Waals surface area contributed by atoms with Gasteiger partial charge in [-0.25, -0.2) is 9.48 Å². The number of aromatic nitrogens is 2. The molecule has 0 fully saturated rings. The molecule has 0 unspecified atom stereocenters. The lowest BCUT2D eigenvalue weighted by Gasteiger charge is -2.15. The fraction of sp³-hybridized carbons (Fsp3) is 0.370. The molecule has 3 aromatic rings. The van der Waals surface area contributed by atoms with Crippen molar-refractivity contribution < 1.29 is 23.8 Å². The molecule has 192 valence electrons. The Hall–Kier alpha value is -3.43. The minimum Gasteiger partial charge on any atom is -0.489 e. The van der Waals surface area contributed by atoms with Crippen molar-refractivity contribution in [2.45, 2.75) is 52.9 Å². The number of esters is 1. The van der Waals surface area contributed by atoms with E-state index in [2.05, 4.69) is 25.0 Å². The molecule has 2 aromatic carbocycles. The first kappa shape index (κ1) is 27.2. The van der Waals surface area contributed by atoms with Crippen LogP contribution >= 0.6 is 0 Å². The second-order valence-corrected chi connectivity index (χ2v) is 15.5. The maximum absolute atomic E-state index is 12.3. The summed E-state index contributed by atoms with van der Waals surface area (Å²) >= 11 is 0. The summed E-state index contributed by atoms with van der Waals surface area (Å²) in [6, 6.07) is 14.9. The fourth-order valence-electron chi connectivity index (χ4n) is 3.54. The Morgan fingerprint density at radius 1 is 1.14 bits per heavy atom. The summed E-state index contributed by atoms with van der Waals surface area (Å²) in [6.07, 6.45) is 1.52. The van der Waals surface area contributed by atoms with Crippen molar-refractivity contribution in [2.75, 3.05) is 13.7 Å². The smallest absolute Gasteiger partial charge is 0.354 e. The lowest BCUT2D eigenvalue weighted by atomic mass is 10.1. The molecule has 0 aliphatic carbocycles. The van der Waals surface area contributed by atoms with Crippen molar-refractivity contribution in [2.24, 2.45) is 0 Å². The highest BCUT2D eigenvalue weighted by Gasteiger charge is 2.18. The Kier molecular flexibility index (Phi) is 9.06. The van der Waals surface area contributed by atoms with Gasteiger partial charge >= 0.3 is 5.97 Å². The molecule has 0 atom stereocenters. The highest BCUT2D eigenvalue weighted by molar-refractivity contribution is 6.76. The van der Waals surface area contributed by atoms with Gasteiger partial charge in [-0.3, -0.25) is 4.79 Å². The van der Waals surface area contributed by atoms with Crippen molar-refractivity contribution in [3.05, 3.63) is 65.0 Å². The third-order valence-electron chi connectivity index (χ3n) is 5.52. The molecule has 0 aliphatic heterocycles. The van der Waals surface area contributed by atoms with Gasteiger partial charge < -0.3 is 19.5 Å². The second-order valence-electron chi connectivity index (χ2n) is 9.87. The SMILES string of the molecule is COC(=O)/C(=C/c1nn(COCC[Si](C)(C)C)c2cc(C)c(OCc3ccccc3)cc12)NC(C)=O. The monoisotopic (exact) mass is 509 g/mol. The zero-order valence-corrected chi connectivity index (χ0v) is 22.9. The van der Waals surface area contributed by atoms with Gasteiger partial charge in [0.2, 0.25) is 5.91 Å². The molecular formula is C27H35N3O5Si. The molecule has 0 spiro atoms. The predicted molar refractivity (Wildman–Crippen MR) is 143 cm³/mol. The largest absolute Gasteiger partial charge is 0.489 e. The zero-order chi connectivity index (χ0) is 26.3. The van der Waals surface area contributed by atoms with Crippen molar-refractivity contribution >= 4 is 36.9 Å². The van der Waals surface area contributed by atoms with E-state index in [1.807, 2.05) is 49.4 Å². The molecule has 8 nitrogen and oxygen atoms in total. The lowest BCUT2D eigenvalue weighted by Crippen LogP contribution is -2.25. The van der Waals surface area contributed by atoms with Crippen LogP contribution in [-0.2, 0) is 32.4 Å². The summed E-state index contributed by atoms with van der Waals surface area (Å²) in [4.78, 5) is 24.0. The highest BCUT2D eigenvalue weighted by atomic mass is 28.3.